The minimum absolute atomic E-state index is 0.0324. The lowest BCUT2D eigenvalue weighted by Gasteiger charge is -2.43. The summed E-state index contributed by atoms with van der Waals surface area (Å²) in [4.78, 5) is 29.9. The van der Waals surface area contributed by atoms with E-state index in [-0.39, 0.29) is 18.4 Å². The first kappa shape index (κ1) is 22.7. The van der Waals surface area contributed by atoms with E-state index in [0.717, 1.165) is 29.7 Å². The minimum atomic E-state index is -0.635. The number of hydrogen-bond donors (Lipinski definition) is 0. The van der Waals surface area contributed by atoms with Gasteiger partial charge in [-0.25, -0.2) is 4.68 Å². The molecule has 0 N–H and O–H groups in total. The van der Waals surface area contributed by atoms with Crippen LogP contribution in [0.15, 0.2) is 60.8 Å². The van der Waals surface area contributed by atoms with Crippen molar-refractivity contribution in [2.24, 2.45) is 5.41 Å². The van der Waals surface area contributed by atoms with Crippen LogP contribution in [0, 0.1) is 12.3 Å². The number of benzene rings is 2. The van der Waals surface area contributed by atoms with Crippen molar-refractivity contribution in [3.05, 3.63) is 72.1 Å². The van der Waals surface area contributed by atoms with E-state index in [1.807, 2.05) is 30.0 Å². The first-order valence-electron chi connectivity index (χ1n) is 11.4. The van der Waals surface area contributed by atoms with Crippen LogP contribution < -0.4 is 0 Å². The number of carbonyl (C=O) groups is 2. The second kappa shape index (κ2) is 9.57. The highest BCUT2D eigenvalue weighted by Gasteiger charge is 2.44. The predicted molar refractivity (Wildman–Crippen MR) is 127 cm³/mol. The lowest BCUT2D eigenvalue weighted by atomic mass is 9.73. The molecule has 1 aliphatic heterocycles. The molecular formula is C26H31N5O2. The van der Waals surface area contributed by atoms with Crippen LogP contribution in [-0.2, 0) is 22.6 Å². The van der Waals surface area contributed by atoms with Crippen molar-refractivity contribution in [1.29, 1.82) is 0 Å². The molecule has 1 aliphatic rings. The summed E-state index contributed by atoms with van der Waals surface area (Å²) in [6.07, 6.45) is 3.92. The van der Waals surface area contributed by atoms with Crippen LogP contribution in [0.4, 0.5) is 0 Å². The van der Waals surface area contributed by atoms with Gasteiger partial charge in [0.25, 0.3) is 0 Å². The molecule has 4 rings (SSSR count). The molecule has 33 heavy (non-hydrogen) atoms. The van der Waals surface area contributed by atoms with Gasteiger partial charge in [-0.3, -0.25) is 9.59 Å². The summed E-state index contributed by atoms with van der Waals surface area (Å²) in [5.74, 6) is 0.0405. The molecule has 7 nitrogen and oxygen atoms in total. The monoisotopic (exact) mass is 445 g/mol. The Bertz CT molecular complexity index is 1110. The van der Waals surface area contributed by atoms with E-state index in [9.17, 15) is 9.59 Å². The van der Waals surface area contributed by atoms with Crippen molar-refractivity contribution < 1.29 is 9.59 Å². The van der Waals surface area contributed by atoms with Crippen LogP contribution in [0.3, 0.4) is 0 Å². The molecule has 1 saturated heterocycles. The van der Waals surface area contributed by atoms with Gasteiger partial charge in [0.05, 0.1) is 11.1 Å². The van der Waals surface area contributed by atoms with Crippen LogP contribution in [0.1, 0.15) is 24.1 Å². The lowest BCUT2D eigenvalue weighted by Crippen LogP contribution is -2.54. The van der Waals surface area contributed by atoms with Crippen LogP contribution in [-0.4, -0.2) is 63.8 Å². The summed E-state index contributed by atoms with van der Waals surface area (Å²) in [6.45, 7) is 3.05. The Hall–Kier alpha value is -3.48. The summed E-state index contributed by atoms with van der Waals surface area (Å²) < 4.78 is 1.56. The Morgan fingerprint density at radius 3 is 2.36 bits per heavy atom. The van der Waals surface area contributed by atoms with E-state index in [1.54, 1.807) is 29.9 Å². The smallest absolute Gasteiger partial charge is 0.244 e. The first-order valence-corrected chi connectivity index (χ1v) is 11.4. The van der Waals surface area contributed by atoms with Crippen molar-refractivity contribution in [2.45, 2.75) is 32.7 Å². The average Bonchev–Trinajstić information content (AvgIpc) is 3.24. The number of nitrogens with zero attached hydrogens (tertiary/aromatic N) is 5. The second-order valence-corrected chi connectivity index (χ2v) is 9.20. The maximum atomic E-state index is 13.4. The van der Waals surface area contributed by atoms with Crippen molar-refractivity contribution in [1.82, 2.24) is 24.8 Å². The van der Waals surface area contributed by atoms with Gasteiger partial charge in [0.2, 0.25) is 11.8 Å². The number of aromatic nitrogens is 3. The first-order chi connectivity index (χ1) is 15.9. The van der Waals surface area contributed by atoms with Gasteiger partial charge in [-0.2, -0.15) is 0 Å². The molecule has 0 saturated carbocycles. The van der Waals surface area contributed by atoms with E-state index >= 15 is 0 Å². The van der Waals surface area contributed by atoms with Gasteiger partial charge in [0, 0.05) is 33.4 Å². The average molecular weight is 446 g/mol. The SMILES string of the molecule is Cc1cn(CC(=O)N2CCCC(Cc3ccc(-c4ccccc4)cc3)(C(=O)N(C)C)C2)nn1. The Kier molecular flexibility index (Phi) is 6.58. The Morgan fingerprint density at radius 1 is 1.03 bits per heavy atom. The number of rotatable bonds is 6. The number of piperidine rings is 1. The van der Waals surface area contributed by atoms with Gasteiger partial charge < -0.3 is 9.80 Å². The number of likely N-dealkylation sites (tertiary alicyclic amines) is 1. The van der Waals surface area contributed by atoms with E-state index in [2.05, 4.69) is 46.7 Å². The fourth-order valence-corrected chi connectivity index (χ4v) is 4.76. The minimum Gasteiger partial charge on any atom is -0.348 e. The molecule has 3 aromatic rings. The third kappa shape index (κ3) is 5.13. The zero-order valence-corrected chi connectivity index (χ0v) is 19.6. The topological polar surface area (TPSA) is 71.3 Å². The van der Waals surface area contributed by atoms with Crippen molar-refractivity contribution >= 4 is 11.8 Å². The van der Waals surface area contributed by atoms with Gasteiger partial charge >= 0.3 is 0 Å². The fraction of sp³-hybridized carbons (Fsp3) is 0.385. The highest BCUT2D eigenvalue weighted by Crippen LogP contribution is 2.36. The molecule has 0 aliphatic carbocycles. The highest BCUT2D eigenvalue weighted by molar-refractivity contribution is 5.84. The van der Waals surface area contributed by atoms with Gasteiger partial charge in [-0.15, -0.1) is 5.10 Å². The summed E-state index contributed by atoms with van der Waals surface area (Å²) >= 11 is 0. The summed E-state index contributed by atoms with van der Waals surface area (Å²) in [7, 11) is 3.59. The van der Waals surface area contributed by atoms with E-state index in [1.165, 1.54) is 5.56 Å². The fourth-order valence-electron chi connectivity index (χ4n) is 4.76. The van der Waals surface area contributed by atoms with E-state index in [4.69, 9.17) is 0 Å². The predicted octanol–water partition coefficient (Wildman–Crippen LogP) is 3.19. The van der Waals surface area contributed by atoms with Crippen LogP contribution in [0.5, 0.6) is 0 Å². The molecular weight excluding hydrogens is 414 g/mol. The Morgan fingerprint density at radius 2 is 1.73 bits per heavy atom. The van der Waals surface area contributed by atoms with E-state index < -0.39 is 5.41 Å². The van der Waals surface area contributed by atoms with Crippen LogP contribution >= 0.6 is 0 Å². The van der Waals surface area contributed by atoms with Crippen molar-refractivity contribution in [3.63, 3.8) is 0 Å². The molecule has 1 unspecified atom stereocenters. The third-order valence-corrected chi connectivity index (χ3v) is 6.34. The molecule has 172 valence electrons. The van der Waals surface area contributed by atoms with E-state index in [0.29, 0.717) is 19.5 Å². The Balaban J connectivity index is 1.54. The van der Waals surface area contributed by atoms with Crippen LogP contribution in [0.25, 0.3) is 11.1 Å². The maximum Gasteiger partial charge on any atom is 0.244 e. The molecule has 0 radical (unpaired) electrons. The standard InChI is InChI=1S/C26H31N5O2/c1-20-17-31(28-27-20)18-24(32)30-15-7-14-26(19-30,25(33)29(2)3)16-21-10-12-23(13-11-21)22-8-5-4-6-9-22/h4-6,8-13,17H,7,14-16,18-19H2,1-3H3. The van der Waals surface area contributed by atoms with Crippen molar-refractivity contribution in [3.8, 4) is 11.1 Å². The molecule has 0 bridgehead atoms. The zero-order chi connectivity index (χ0) is 23.4. The number of hydrogen-bond acceptors (Lipinski definition) is 4. The second-order valence-electron chi connectivity index (χ2n) is 9.20. The number of aryl methyl sites for hydroxylation is 1. The molecule has 0 spiro atoms. The molecule has 2 amide bonds. The van der Waals surface area contributed by atoms with Gasteiger partial charge in [0.15, 0.2) is 0 Å². The number of amides is 2. The summed E-state index contributed by atoms with van der Waals surface area (Å²) in [6, 6.07) is 18.7. The molecule has 1 atom stereocenters. The zero-order valence-electron chi connectivity index (χ0n) is 19.6. The number of carbonyl (C=O) groups excluding carboxylic acids is 2. The lowest BCUT2D eigenvalue weighted by molar-refractivity contribution is -0.147. The quantitative estimate of drug-likeness (QED) is 0.584. The van der Waals surface area contributed by atoms with Gasteiger partial charge in [0.1, 0.15) is 6.54 Å². The molecule has 1 fully saturated rings. The molecule has 1 aromatic heterocycles. The van der Waals surface area contributed by atoms with Crippen LogP contribution in [0.2, 0.25) is 0 Å². The third-order valence-electron chi connectivity index (χ3n) is 6.34. The Labute approximate surface area is 195 Å². The molecule has 2 aromatic carbocycles. The van der Waals surface area contributed by atoms with Crippen molar-refractivity contribution in [2.75, 3.05) is 27.2 Å². The summed E-state index contributed by atoms with van der Waals surface area (Å²) in [5.41, 5.74) is 3.56. The largest absolute Gasteiger partial charge is 0.348 e. The van der Waals surface area contributed by atoms with Gasteiger partial charge in [-0.05, 0) is 42.9 Å². The summed E-state index contributed by atoms with van der Waals surface area (Å²) in [5, 5.41) is 7.96. The highest BCUT2D eigenvalue weighted by atomic mass is 16.2. The normalized spacial score (nSPS) is 18.2. The molecule has 7 heteroatoms. The maximum absolute atomic E-state index is 13.4. The molecule has 2 heterocycles. The van der Waals surface area contributed by atoms with Gasteiger partial charge in [-0.1, -0.05) is 59.8 Å².